The smallest absolute Gasteiger partial charge is 0.390 e. The maximum atomic E-state index is 14.0. The van der Waals surface area contributed by atoms with Crippen LogP contribution in [0.15, 0.2) is 58.8 Å². The molecule has 0 radical (unpaired) electrons. The van der Waals surface area contributed by atoms with Crippen LogP contribution in [0.3, 0.4) is 0 Å². The molecule has 0 bridgehead atoms. The highest BCUT2D eigenvalue weighted by Crippen LogP contribution is 2.43. The van der Waals surface area contributed by atoms with E-state index in [-0.39, 0.29) is 28.2 Å². The number of thioether (sulfide) groups is 1. The first-order valence-corrected chi connectivity index (χ1v) is 14.9. The molecule has 1 fully saturated rings. The first kappa shape index (κ1) is 29.9. The quantitative estimate of drug-likeness (QED) is 0.496. The van der Waals surface area contributed by atoms with Crippen molar-refractivity contribution in [2.24, 2.45) is 0 Å². The molecule has 1 saturated heterocycles. The number of halogens is 3. The molecule has 3 atom stereocenters. The molecule has 0 aliphatic carbocycles. The Kier molecular flexibility index (Phi) is 8.09. The molecular weight excluding hydrogens is 583 g/mol. The Morgan fingerprint density at radius 2 is 1.95 bits per heavy atom. The van der Waals surface area contributed by atoms with Gasteiger partial charge in [0.05, 0.1) is 40.8 Å². The number of rotatable bonds is 4. The van der Waals surface area contributed by atoms with Crippen LogP contribution in [0.2, 0.25) is 0 Å². The predicted molar refractivity (Wildman–Crippen MR) is 143 cm³/mol. The van der Waals surface area contributed by atoms with Crippen LogP contribution >= 0.6 is 11.8 Å². The van der Waals surface area contributed by atoms with Crippen LogP contribution in [0.25, 0.3) is 4.85 Å². The molecule has 0 aromatic heterocycles. The van der Waals surface area contributed by atoms with E-state index in [9.17, 15) is 41.5 Å². The minimum atomic E-state index is -4.75. The number of carbonyl (C=O) groups is 2. The summed E-state index contributed by atoms with van der Waals surface area (Å²) < 4.78 is 66.1. The van der Waals surface area contributed by atoms with Gasteiger partial charge in [0, 0.05) is 29.1 Å². The van der Waals surface area contributed by atoms with E-state index in [0.717, 1.165) is 29.4 Å². The molecule has 15 heteroatoms. The average molecular weight is 606 g/mol. The number of benzene rings is 2. The first-order chi connectivity index (χ1) is 19.2. The molecule has 2 aromatic rings. The number of imide groups is 1. The molecule has 2 unspecified atom stereocenters. The zero-order valence-corrected chi connectivity index (χ0v) is 23.1. The summed E-state index contributed by atoms with van der Waals surface area (Å²) in [4.78, 5) is 32.1. The number of hydrogen-bond acceptors (Lipinski definition) is 7. The van der Waals surface area contributed by atoms with Gasteiger partial charge in [0.25, 0.3) is 0 Å². The Labute approximate surface area is 237 Å². The second kappa shape index (κ2) is 11.1. The lowest BCUT2D eigenvalue weighted by atomic mass is 9.97. The fourth-order valence-corrected chi connectivity index (χ4v) is 6.73. The predicted octanol–water partition coefficient (Wildman–Crippen LogP) is 4.30. The van der Waals surface area contributed by atoms with Crippen molar-refractivity contribution in [1.29, 1.82) is 5.26 Å². The van der Waals surface area contributed by atoms with Crippen LogP contribution in [-0.4, -0.2) is 60.4 Å². The number of nitrogens with zero attached hydrogens (tertiary/aromatic N) is 4. The highest BCUT2D eigenvalue weighted by Gasteiger charge is 2.46. The summed E-state index contributed by atoms with van der Waals surface area (Å²) in [5.41, 5.74) is -1.98. The SMILES string of the molecule is [C-]#[N+]C1=C(C)N(c2cccc(C(F)(F)F)c2)C(=O)N(C(=O)NC2CSCC2O)[C@@H]1c1ccc(C#N)cc1S(C)(=O)=O. The Morgan fingerprint density at radius 1 is 1.24 bits per heavy atom. The molecule has 2 aliphatic heterocycles. The first-order valence-electron chi connectivity index (χ1n) is 11.9. The number of nitrogens with one attached hydrogen (secondary N) is 1. The van der Waals surface area contributed by atoms with Gasteiger partial charge in [0.2, 0.25) is 5.70 Å². The normalized spacial score (nSPS) is 21.5. The topological polar surface area (TPSA) is 135 Å². The largest absolute Gasteiger partial charge is 0.416 e. The van der Waals surface area contributed by atoms with E-state index >= 15 is 0 Å². The third-order valence-corrected chi connectivity index (χ3v) is 8.91. The third-order valence-electron chi connectivity index (χ3n) is 6.59. The van der Waals surface area contributed by atoms with E-state index in [0.29, 0.717) is 22.5 Å². The lowest BCUT2D eigenvalue weighted by Crippen LogP contribution is -2.57. The maximum Gasteiger partial charge on any atom is 0.416 e. The van der Waals surface area contributed by atoms with Crippen molar-refractivity contribution in [3.05, 3.63) is 82.0 Å². The van der Waals surface area contributed by atoms with Crippen molar-refractivity contribution in [1.82, 2.24) is 10.2 Å². The summed E-state index contributed by atoms with van der Waals surface area (Å²) in [7, 11) is -4.08. The van der Waals surface area contributed by atoms with Gasteiger partial charge < -0.3 is 10.4 Å². The van der Waals surface area contributed by atoms with E-state index in [1.165, 1.54) is 36.9 Å². The average Bonchev–Trinajstić information content (AvgIpc) is 3.31. The molecule has 0 spiro atoms. The molecule has 214 valence electrons. The second-order valence-corrected chi connectivity index (χ2v) is 12.4. The number of aliphatic hydroxyl groups is 1. The number of hydrogen-bond donors (Lipinski definition) is 2. The van der Waals surface area contributed by atoms with Gasteiger partial charge in [0.1, 0.15) is 6.04 Å². The zero-order chi connectivity index (χ0) is 30.3. The van der Waals surface area contributed by atoms with Crippen molar-refractivity contribution < 1.29 is 36.3 Å². The number of aliphatic hydroxyl groups excluding tert-OH is 1. The summed E-state index contributed by atoms with van der Waals surface area (Å²) in [5.74, 6) is 0.603. The van der Waals surface area contributed by atoms with Crippen molar-refractivity contribution in [2.45, 2.75) is 36.2 Å². The summed E-state index contributed by atoms with van der Waals surface area (Å²) in [6.45, 7) is 9.21. The van der Waals surface area contributed by atoms with Crippen LogP contribution in [0.1, 0.15) is 29.7 Å². The molecule has 41 heavy (non-hydrogen) atoms. The van der Waals surface area contributed by atoms with Gasteiger partial charge in [-0.25, -0.2) is 27.8 Å². The standard InChI is InChI=1S/C26H22F3N5O5S2/c1-14-22(31-2)23(18-8-7-15(11-30)9-21(18)41(3,38)39)34(24(36)32-19-12-40-13-20(19)35)25(37)33(14)17-6-4-5-16(10-17)26(27,28)29/h4-10,19-20,23,35H,12-13H2,1,3H3,(H,32,36)/t19?,20?,23-/m1/s1. The number of amides is 4. The van der Waals surface area contributed by atoms with E-state index in [2.05, 4.69) is 10.2 Å². The van der Waals surface area contributed by atoms with E-state index < -0.39 is 56.7 Å². The van der Waals surface area contributed by atoms with Crippen molar-refractivity contribution in [2.75, 3.05) is 22.7 Å². The van der Waals surface area contributed by atoms with Crippen molar-refractivity contribution in [3.63, 3.8) is 0 Å². The fourth-order valence-electron chi connectivity index (χ4n) is 4.61. The van der Waals surface area contributed by atoms with Gasteiger partial charge >= 0.3 is 18.2 Å². The van der Waals surface area contributed by atoms with Crippen LogP contribution in [0, 0.1) is 17.9 Å². The summed E-state index contributed by atoms with van der Waals surface area (Å²) in [6, 6.07) is 4.46. The summed E-state index contributed by atoms with van der Waals surface area (Å²) >= 11 is 1.34. The second-order valence-electron chi connectivity index (χ2n) is 9.32. The molecule has 10 nitrogen and oxygen atoms in total. The molecule has 2 aliphatic rings. The number of nitriles is 1. The number of urea groups is 2. The van der Waals surface area contributed by atoms with E-state index in [1.807, 2.05) is 6.07 Å². The molecular formula is C26H22F3N5O5S2. The van der Waals surface area contributed by atoms with Crippen LogP contribution in [-0.2, 0) is 16.0 Å². The lowest BCUT2D eigenvalue weighted by molar-refractivity contribution is -0.137. The van der Waals surface area contributed by atoms with E-state index in [4.69, 9.17) is 6.57 Å². The van der Waals surface area contributed by atoms with Gasteiger partial charge in [-0.15, -0.1) is 0 Å². The molecule has 4 rings (SSSR count). The Morgan fingerprint density at radius 3 is 2.51 bits per heavy atom. The van der Waals surface area contributed by atoms with Crippen LogP contribution < -0.4 is 10.2 Å². The Hall–Kier alpha value is -4.05. The molecule has 2 N–H and O–H groups in total. The maximum absolute atomic E-state index is 14.0. The van der Waals surface area contributed by atoms with Gasteiger partial charge in [-0.3, -0.25) is 4.90 Å². The highest BCUT2D eigenvalue weighted by atomic mass is 32.2. The van der Waals surface area contributed by atoms with Gasteiger partial charge in [-0.1, -0.05) is 12.1 Å². The van der Waals surface area contributed by atoms with E-state index in [1.54, 1.807) is 0 Å². The Bertz CT molecular complexity index is 1650. The lowest BCUT2D eigenvalue weighted by Gasteiger charge is -2.41. The highest BCUT2D eigenvalue weighted by molar-refractivity contribution is 7.99. The molecule has 0 saturated carbocycles. The van der Waals surface area contributed by atoms with Crippen LogP contribution in [0.5, 0.6) is 0 Å². The minimum Gasteiger partial charge on any atom is -0.390 e. The number of sulfone groups is 1. The molecule has 4 amide bonds. The third kappa shape index (κ3) is 5.74. The summed E-state index contributed by atoms with van der Waals surface area (Å²) in [6.07, 6.45) is -4.85. The summed E-state index contributed by atoms with van der Waals surface area (Å²) in [5, 5.41) is 22.1. The zero-order valence-electron chi connectivity index (χ0n) is 21.5. The number of alkyl halides is 3. The van der Waals surface area contributed by atoms with Crippen molar-refractivity contribution in [3.8, 4) is 6.07 Å². The molecule has 2 aromatic carbocycles. The monoisotopic (exact) mass is 605 g/mol. The number of carbonyl (C=O) groups excluding carboxylic acids is 2. The number of allylic oxidation sites excluding steroid dienone is 1. The number of anilines is 1. The van der Waals surface area contributed by atoms with Crippen LogP contribution in [0.4, 0.5) is 28.4 Å². The minimum absolute atomic E-state index is 0.0333. The van der Waals surface area contributed by atoms with Crippen molar-refractivity contribution >= 4 is 39.3 Å². The van der Waals surface area contributed by atoms with Gasteiger partial charge in [-0.05, 0) is 42.8 Å². The van der Waals surface area contributed by atoms with Gasteiger partial charge in [-0.2, -0.15) is 30.2 Å². The molecule has 2 heterocycles. The fraction of sp³-hybridized carbons (Fsp3) is 0.308. The Balaban J connectivity index is 1.97. The van der Waals surface area contributed by atoms with Gasteiger partial charge in [0.15, 0.2) is 9.84 Å².